The second kappa shape index (κ2) is 12.5. The molecule has 4 rings (SSSR count). The van der Waals surface area contributed by atoms with Gasteiger partial charge in [0.15, 0.2) is 11.5 Å². The van der Waals surface area contributed by atoms with Crippen molar-refractivity contribution >= 4 is 34.0 Å². The molecule has 0 radical (unpaired) electrons. The molecule has 1 fully saturated rings. The Kier molecular flexibility index (Phi) is 9.47. The summed E-state index contributed by atoms with van der Waals surface area (Å²) in [6.07, 6.45) is 2.35. The van der Waals surface area contributed by atoms with Crippen LogP contribution in [0, 0.1) is 5.82 Å². The SMILES string of the molecule is CC.COc1cc2ncnc(Nc3ccc(F)c(Cl)c3)c2cc1OCCCN1CCOCC1. The predicted octanol–water partition coefficient (Wildman–Crippen LogP) is 5.30. The highest BCUT2D eigenvalue weighted by molar-refractivity contribution is 6.31. The van der Waals surface area contributed by atoms with E-state index in [0.29, 0.717) is 35.1 Å². The van der Waals surface area contributed by atoms with Gasteiger partial charge in [-0.1, -0.05) is 25.4 Å². The molecule has 33 heavy (non-hydrogen) atoms. The van der Waals surface area contributed by atoms with Crippen LogP contribution in [0.2, 0.25) is 5.02 Å². The molecule has 0 aliphatic carbocycles. The lowest BCUT2D eigenvalue weighted by Gasteiger charge is -2.26. The van der Waals surface area contributed by atoms with Gasteiger partial charge in [-0.3, -0.25) is 4.90 Å². The number of benzene rings is 2. The van der Waals surface area contributed by atoms with Gasteiger partial charge in [-0.25, -0.2) is 14.4 Å². The Hall–Kier alpha value is -2.68. The molecule has 2 aromatic carbocycles. The van der Waals surface area contributed by atoms with Gasteiger partial charge in [0.2, 0.25) is 0 Å². The number of nitrogens with one attached hydrogen (secondary N) is 1. The number of anilines is 2. The van der Waals surface area contributed by atoms with Gasteiger partial charge in [0.05, 0.1) is 37.5 Å². The number of nitrogens with zero attached hydrogens (tertiary/aromatic N) is 3. The van der Waals surface area contributed by atoms with Crippen molar-refractivity contribution in [3.8, 4) is 11.5 Å². The van der Waals surface area contributed by atoms with Crippen molar-refractivity contribution in [1.82, 2.24) is 14.9 Å². The van der Waals surface area contributed by atoms with Crippen molar-refractivity contribution < 1.29 is 18.6 Å². The number of methoxy groups -OCH3 is 1. The Bertz CT molecular complexity index is 1050. The summed E-state index contributed by atoms with van der Waals surface area (Å²) in [6.45, 7) is 9.00. The van der Waals surface area contributed by atoms with Crippen LogP contribution in [0.1, 0.15) is 20.3 Å². The highest BCUT2D eigenvalue weighted by atomic mass is 35.5. The Balaban J connectivity index is 0.00000149. The van der Waals surface area contributed by atoms with Gasteiger partial charge in [-0.2, -0.15) is 0 Å². The fourth-order valence-corrected chi connectivity index (χ4v) is 3.62. The lowest BCUT2D eigenvalue weighted by atomic mass is 10.2. The number of morpholine rings is 1. The summed E-state index contributed by atoms with van der Waals surface area (Å²) in [5.41, 5.74) is 1.32. The second-order valence-corrected chi connectivity index (χ2v) is 7.56. The number of hydrogen-bond donors (Lipinski definition) is 1. The average molecular weight is 477 g/mol. The number of halogens is 2. The van der Waals surface area contributed by atoms with Gasteiger partial charge >= 0.3 is 0 Å². The standard InChI is InChI=1S/C22H24ClFN4O3.C2H6/c1-29-20-13-19-16(12-21(20)31-8-2-5-28-6-9-30-10-7-28)22(26-14-25-19)27-15-3-4-18(24)17(23)11-15;1-2/h3-4,11-14H,2,5-10H2,1H3,(H,25,26,27);1-2H3. The first-order valence-corrected chi connectivity index (χ1v) is 11.5. The number of aromatic nitrogens is 2. The molecule has 178 valence electrons. The lowest BCUT2D eigenvalue weighted by Crippen LogP contribution is -2.37. The maximum Gasteiger partial charge on any atom is 0.162 e. The zero-order chi connectivity index (χ0) is 23.6. The zero-order valence-corrected chi connectivity index (χ0v) is 20.0. The second-order valence-electron chi connectivity index (χ2n) is 7.15. The van der Waals surface area contributed by atoms with Crippen LogP contribution in [-0.2, 0) is 4.74 Å². The van der Waals surface area contributed by atoms with Crippen LogP contribution in [-0.4, -0.2) is 61.4 Å². The van der Waals surface area contributed by atoms with E-state index in [4.69, 9.17) is 25.8 Å². The molecule has 0 atom stereocenters. The van der Waals surface area contributed by atoms with Crippen molar-refractivity contribution in [3.63, 3.8) is 0 Å². The summed E-state index contributed by atoms with van der Waals surface area (Å²) in [6, 6.07) is 8.09. The van der Waals surface area contributed by atoms with E-state index in [9.17, 15) is 4.39 Å². The highest BCUT2D eigenvalue weighted by Crippen LogP contribution is 2.35. The van der Waals surface area contributed by atoms with Crippen molar-refractivity contribution in [3.05, 3.63) is 47.5 Å². The molecule has 3 aromatic rings. The highest BCUT2D eigenvalue weighted by Gasteiger charge is 2.14. The summed E-state index contributed by atoms with van der Waals surface area (Å²) >= 11 is 5.90. The molecule has 0 spiro atoms. The molecule has 7 nitrogen and oxygen atoms in total. The first kappa shape index (κ1) is 25.0. The van der Waals surface area contributed by atoms with Crippen LogP contribution in [0.3, 0.4) is 0 Å². The molecular formula is C24H30ClFN4O3. The van der Waals surface area contributed by atoms with Gasteiger partial charge in [0.1, 0.15) is 18.0 Å². The van der Waals surface area contributed by atoms with Crippen molar-refractivity contribution in [2.45, 2.75) is 20.3 Å². The summed E-state index contributed by atoms with van der Waals surface area (Å²) in [7, 11) is 1.60. The predicted molar refractivity (Wildman–Crippen MR) is 130 cm³/mol. The van der Waals surface area contributed by atoms with E-state index in [1.54, 1.807) is 13.2 Å². The molecule has 0 unspecified atom stereocenters. The van der Waals surface area contributed by atoms with E-state index in [1.807, 2.05) is 26.0 Å². The van der Waals surface area contributed by atoms with Crippen LogP contribution >= 0.6 is 11.6 Å². The fraction of sp³-hybridized carbons (Fsp3) is 0.417. The Morgan fingerprint density at radius 1 is 1.12 bits per heavy atom. The van der Waals surface area contributed by atoms with Crippen LogP contribution in [0.15, 0.2) is 36.7 Å². The van der Waals surface area contributed by atoms with Gasteiger partial charge in [-0.15, -0.1) is 0 Å². The van der Waals surface area contributed by atoms with Gasteiger partial charge in [0, 0.05) is 36.8 Å². The van der Waals surface area contributed by atoms with Crippen LogP contribution in [0.5, 0.6) is 11.5 Å². The molecule has 1 N–H and O–H groups in total. The molecule has 1 aromatic heterocycles. The van der Waals surface area contributed by atoms with Crippen LogP contribution < -0.4 is 14.8 Å². The molecule has 1 aliphatic rings. The van der Waals surface area contributed by atoms with Crippen molar-refractivity contribution in [2.24, 2.45) is 0 Å². The van der Waals surface area contributed by atoms with E-state index in [1.165, 1.54) is 18.5 Å². The Morgan fingerprint density at radius 3 is 2.64 bits per heavy atom. The minimum absolute atomic E-state index is 0.0364. The van der Waals surface area contributed by atoms with E-state index in [2.05, 4.69) is 20.2 Å². The summed E-state index contributed by atoms with van der Waals surface area (Å²) < 4.78 is 30.4. The average Bonchev–Trinajstić information content (AvgIpc) is 2.86. The molecule has 0 bridgehead atoms. The fourth-order valence-electron chi connectivity index (χ4n) is 3.44. The molecule has 9 heteroatoms. The van der Waals surface area contributed by atoms with Crippen molar-refractivity contribution in [1.29, 1.82) is 0 Å². The Labute approximate surface area is 198 Å². The van der Waals surface area contributed by atoms with E-state index < -0.39 is 5.82 Å². The van der Waals surface area contributed by atoms with E-state index in [0.717, 1.165) is 44.7 Å². The maximum absolute atomic E-state index is 13.5. The smallest absolute Gasteiger partial charge is 0.162 e. The maximum atomic E-state index is 13.5. The molecule has 1 saturated heterocycles. The third kappa shape index (κ3) is 6.66. The third-order valence-corrected chi connectivity index (χ3v) is 5.37. The zero-order valence-electron chi connectivity index (χ0n) is 19.2. The molecule has 0 amide bonds. The monoisotopic (exact) mass is 476 g/mol. The minimum atomic E-state index is -0.475. The summed E-state index contributed by atoms with van der Waals surface area (Å²) in [5, 5.41) is 3.97. The topological polar surface area (TPSA) is 68.7 Å². The lowest BCUT2D eigenvalue weighted by molar-refractivity contribution is 0.0357. The summed E-state index contributed by atoms with van der Waals surface area (Å²) in [5.74, 6) is 1.31. The number of fused-ring (bicyclic) bond motifs is 1. The third-order valence-electron chi connectivity index (χ3n) is 5.08. The number of rotatable bonds is 8. The van der Waals surface area contributed by atoms with Gasteiger partial charge in [0.25, 0.3) is 0 Å². The quantitative estimate of drug-likeness (QED) is 0.442. The van der Waals surface area contributed by atoms with Crippen molar-refractivity contribution in [2.75, 3.05) is 51.9 Å². The minimum Gasteiger partial charge on any atom is -0.493 e. The van der Waals surface area contributed by atoms with Gasteiger partial charge in [-0.05, 0) is 30.7 Å². The molecule has 2 heterocycles. The summed E-state index contributed by atoms with van der Waals surface area (Å²) in [4.78, 5) is 11.0. The van der Waals surface area contributed by atoms with Crippen LogP contribution in [0.4, 0.5) is 15.9 Å². The molecule has 0 saturated carbocycles. The first-order valence-electron chi connectivity index (χ1n) is 11.1. The first-order chi connectivity index (χ1) is 16.1. The molecule has 1 aliphatic heterocycles. The number of ether oxygens (including phenoxy) is 3. The van der Waals surface area contributed by atoms with E-state index >= 15 is 0 Å². The number of hydrogen-bond acceptors (Lipinski definition) is 7. The molecular weight excluding hydrogens is 447 g/mol. The Morgan fingerprint density at radius 2 is 1.91 bits per heavy atom. The van der Waals surface area contributed by atoms with Crippen LogP contribution in [0.25, 0.3) is 10.9 Å². The van der Waals surface area contributed by atoms with Gasteiger partial charge < -0.3 is 19.5 Å². The van der Waals surface area contributed by atoms with E-state index in [-0.39, 0.29) is 5.02 Å². The normalized spacial score (nSPS) is 13.8. The largest absolute Gasteiger partial charge is 0.493 e.